The minimum atomic E-state index is -0.357. The lowest BCUT2D eigenvalue weighted by Crippen LogP contribution is -2.34. The number of rotatable bonds is 7. The summed E-state index contributed by atoms with van der Waals surface area (Å²) in [6.45, 7) is 6.71. The molecule has 0 unspecified atom stereocenters. The fourth-order valence-electron chi connectivity index (χ4n) is 3.41. The molecule has 0 fully saturated rings. The largest absolute Gasteiger partial charge is 0.343 e. The highest BCUT2D eigenvalue weighted by Crippen LogP contribution is 2.16. The normalized spacial score (nSPS) is 10.8. The molecule has 0 saturated heterocycles. The fourth-order valence-corrected chi connectivity index (χ4v) is 3.41. The third kappa shape index (κ3) is 4.56. The first-order valence-electron chi connectivity index (χ1n) is 10.1. The molecule has 2 amide bonds. The van der Waals surface area contributed by atoms with Crippen molar-refractivity contribution in [3.63, 3.8) is 0 Å². The Morgan fingerprint density at radius 3 is 2.30 bits per heavy atom. The van der Waals surface area contributed by atoms with Crippen LogP contribution in [-0.4, -0.2) is 39.6 Å². The average Bonchev–Trinajstić information content (AvgIpc) is 2.74. The summed E-state index contributed by atoms with van der Waals surface area (Å²) < 4.78 is 1.14. The number of hydrogen-bond donors (Lipinski definition) is 1. The molecule has 3 rings (SSSR count). The highest BCUT2D eigenvalue weighted by Gasteiger charge is 2.17. The minimum Gasteiger partial charge on any atom is -0.343 e. The number of carbonyl (C=O) groups is 2. The zero-order chi connectivity index (χ0) is 21.7. The molecule has 3 aromatic rings. The van der Waals surface area contributed by atoms with Crippen LogP contribution in [-0.2, 0) is 22.6 Å². The second-order valence-electron chi connectivity index (χ2n) is 7.06. The summed E-state index contributed by atoms with van der Waals surface area (Å²) in [6, 6.07) is 14.5. The summed E-state index contributed by atoms with van der Waals surface area (Å²) in [5.41, 5.74) is 1.75. The average molecular weight is 406 g/mol. The van der Waals surface area contributed by atoms with Gasteiger partial charge >= 0.3 is 0 Å². The zero-order valence-corrected chi connectivity index (χ0v) is 17.5. The number of hydrogen-bond acceptors (Lipinski definition) is 4. The van der Waals surface area contributed by atoms with E-state index >= 15 is 0 Å². The number of nitrogens with zero attached hydrogens (tertiary/aromatic N) is 3. The van der Waals surface area contributed by atoms with Crippen LogP contribution in [0.4, 0.5) is 5.69 Å². The van der Waals surface area contributed by atoms with Crippen molar-refractivity contribution in [2.75, 3.05) is 18.4 Å². The number of fused-ring (bicyclic) bond motifs is 1. The molecule has 2 aromatic carbocycles. The van der Waals surface area contributed by atoms with E-state index in [4.69, 9.17) is 0 Å². The Bertz CT molecular complexity index is 1130. The molecule has 1 heterocycles. The Kier molecular flexibility index (Phi) is 6.61. The predicted octanol–water partition coefficient (Wildman–Crippen LogP) is 2.75. The number of likely N-dealkylation sites (N-methyl/N-ethyl adjacent to an activating group) is 1. The molecule has 156 valence electrons. The lowest BCUT2D eigenvalue weighted by Gasteiger charge is -2.19. The van der Waals surface area contributed by atoms with Crippen LogP contribution in [0.3, 0.4) is 0 Å². The number of amides is 2. The third-order valence-corrected chi connectivity index (χ3v) is 5.09. The highest BCUT2D eigenvalue weighted by molar-refractivity contribution is 5.92. The summed E-state index contributed by atoms with van der Waals surface area (Å²) in [6.07, 6.45) is 0.0713. The van der Waals surface area contributed by atoms with E-state index in [1.165, 1.54) is 0 Å². The third-order valence-electron chi connectivity index (χ3n) is 5.09. The SMILES string of the molecule is CCN(CC)C(=O)Cc1nn(CC(=O)Nc2ccccc2C)c(=O)c2ccccc12. The zero-order valence-electron chi connectivity index (χ0n) is 17.5. The smallest absolute Gasteiger partial charge is 0.275 e. The summed E-state index contributed by atoms with van der Waals surface area (Å²) in [4.78, 5) is 39.8. The highest BCUT2D eigenvalue weighted by atomic mass is 16.2. The van der Waals surface area contributed by atoms with Gasteiger partial charge in [0.1, 0.15) is 6.54 Å². The minimum absolute atomic E-state index is 0.0628. The molecule has 1 N–H and O–H groups in total. The maximum Gasteiger partial charge on any atom is 0.275 e. The molecule has 0 saturated carbocycles. The van der Waals surface area contributed by atoms with Crippen molar-refractivity contribution in [3.05, 3.63) is 70.1 Å². The van der Waals surface area contributed by atoms with E-state index in [2.05, 4.69) is 10.4 Å². The fraction of sp³-hybridized carbons (Fsp3) is 0.304. The molecule has 0 aliphatic rings. The molecular weight excluding hydrogens is 380 g/mol. The van der Waals surface area contributed by atoms with E-state index in [9.17, 15) is 14.4 Å². The van der Waals surface area contributed by atoms with Crippen molar-refractivity contribution >= 4 is 28.3 Å². The molecule has 7 heteroatoms. The number of aryl methyl sites for hydroxylation is 1. The lowest BCUT2D eigenvalue weighted by molar-refractivity contribution is -0.130. The lowest BCUT2D eigenvalue weighted by atomic mass is 10.1. The van der Waals surface area contributed by atoms with Gasteiger partial charge in [0.25, 0.3) is 5.56 Å². The van der Waals surface area contributed by atoms with Gasteiger partial charge in [-0.15, -0.1) is 0 Å². The number of benzene rings is 2. The Hall–Kier alpha value is -3.48. The Labute approximate surface area is 175 Å². The van der Waals surface area contributed by atoms with Gasteiger partial charge in [0, 0.05) is 24.2 Å². The summed E-state index contributed by atoms with van der Waals surface area (Å²) >= 11 is 0. The van der Waals surface area contributed by atoms with Crippen molar-refractivity contribution in [1.29, 1.82) is 0 Å². The van der Waals surface area contributed by atoms with Gasteiger partial charge in [0.2, 0.25) is 11.8 Å². The van der Waals surface area contributed by atoms with E-state index < -0.39 is 0 Å². The standard InChI is InChI=1S/C23H26N4O3/c1-4-26(5-2)22(29)14-20-17-11-7-8-12-18(17)23(30)27(25-20)15-21(28)24-19-13-9-6-10-16(19)3/h6-13H,4-5,14-15H2,1-3H3,(H,24,28). The quantitative estimate of drug-likeness (QED) is 0.654. The molecule has 0 atom stereocenters. The molecule has 7 nitrogen and oxygen atoms in total. The van der Waals surface area contributed by atoms with Gasteiger partial charge in [-0.2, -0.15) is 5.10 Å². The second-order valence-corrected chi connectivity index (χ2v) is 7.06. The van der Waals surface area contributed by atoms with Crippen LogP contribution < -0.4 is 10.9 Å². The number of carbonyl (C=O) groups excluding carboxylic acids is 2. The van der Waals surface area contributed by atoms with Crippen molar-refractivity contribution in [2.24, 2.45) is 0 Å². The second kappa shape index (κ2) is 9.35. The van der Waals surface area contributed by atoms with Crippen molar-refractivity contribution in [1.82, 2.24) is 14.7 Å². The van der Waals surface area contributed by atoms with Crippen LogP contribution in [0, 0.1) is 6.92 Å². The molecule has 0 radical (unpaired) electrons. The maximum atomic E-state index is 12.9. The molecule has 1 aromatic heterocycles. The predicted molar refractivity (Wildman–Crippen MR) is 117 cm³/mol. The van der Waals surface area contributed by atoms with E-state index in [0.29, 0.717) is 35.2 Å². The Balaban J connectivity index is 1.94. The summed E-state index contributed by atoms with van der Waals surface area (Å²) in [5.74, 6) is -0.414. The first-order valence-corrected chi connectivity index (χ1v) is 10.1. The summed E-state index contributed by atoms with van der Waals surface area (Å²) in [5, 5.41) is 8.29. The van der Waals surface area contributed by atoms with Crippen LogP contribution in [0.1, 0.15) is 25.1 Å². The molecule has 30 heavy (non-hydrogen) atoms. The van der Waals surface area contributed by atoms with Crippen molar-refractivity contribution in [2.45, 2.75) is 33.7 Å². The maximum absolute atomic E-state index is 12.9. The van der Waals surface area contributed by atoms with Gasteiger partial charge in [0.05, 0.1) is 17.5 Å². The van der Waals surface area contributed by atoms with Crippen LogP contribution in [0.15, 0.2) is 53.3 Å². The van der Waals surface area contributed by atoms with E-state index in [1.807, 2.05) is 45.0 Å². The van der Waals surface area contributed by atoms with Crippen LogP contribution in [0.2, 0.25) is 0 Å². The number of anilines is 1. The molecule has 0 bridgehead atoms. The number of nitrogens with one attached hydrogen (secondary N) is 1. The summed E-state index contributed by atoms with van der Waals surface area (Å²) in [7, 11) is 0. The monoisotopic (exact) mass is 406 g/mol. The first-order chi connectivity index (χ1) is 14.4. The first kappa shape index (κ1) is 21.2. The van der Waals surface area contributed by atoms with Crippen LogP contribution >= 0.6 is 0 Å². The molecular formula is C23H26N4O3. The number of para-hydroxylation sites is 1. The van der Waals surface area contributed by atoms with E-state index in [-0.39, 0.29) is 30.3 Å². The van der Waals surface area contributed by atoms with Gasteiger partial charge in [-0.1, -0.05) is 36.4 Å². The van der Waals surface area contributed by atoms with Crippen LogP contribution in [0.25, 0.3) is 10.8 Å². The molecule has 0 aliphatic heterocycles. The van der Waals surface area contributed by atoms with Gasteiger partial charge < -0.3 is 10.2 Å². The van der Waals surface area contributed by atoms with Gasteiger partial charge in [-0.25, -0.2) is 4.68 Å². The van der Waals surface area contributed by atoms with Gasteiger partial charge in [-0.05, 0) is 38.5 Å². The Morgan fingerprint density at radius 1 is 1.00 bits per heavy atom. The topological polar surface area (TPSA) is 84.3 Å². The van der Waals surface area contributed by atoms with Crippen molar-refractivity contribution in [3.8, 4) is 0 Å². The van der Waals surface area contributed by atoms with E-state index in [0.717, 1.165) is 10.2 Å². The van der Waals surface area contributed by atoms with Crippen LogP contribution in [0.5, 0.6) is 0 Å². The molecule has 0 spiro atoms. The Morgan fingerprint density at radius 2 is 1.63 bits per heavy atom. The van der Waals surface area contributed by atoms with Gasteiger partial charge in [-0.3, -0.25) is 14.4 Å². The number of aromatic nitrogens is 2. The van der Waals surface area contributed by atoms with Crippen molar-refractivity contribution < 1.29 is 9.59 Å². The van der Waals surface area contributed by atoms with Gasteiger partial charge in [0.15, 0.2) is 0 Å². The molecule has 0 aliphatic carbocycles. The van der Waals surface area contributed by atoms with E-state index in [1.54, 1.807) is 29.2 Å².